The Bertz CT molecular complexity index is 5130. The molecule has 91 heavy (non-hydrogen) atoms. The first-order valence-electron chi connectivity index (χ1n) is 23.7. The standard InChI is InChI=1S/C46H32Cl2N14O22S7/c1-2-87(67,68)24-7-5-6-22(16-24)49-43-53-41(47)55-45(57-43)51-30-19-26(89(72,73)74)13-21-15-32(86-84-82-66)38(40(64)36(21)30)62-60-28-17-23(10-11-34(28)91(78,79)80)50-44-54-42(48)56-46(58-44)52-29-18-25(88(69,70)71)12-20-14-31(85-83-81-65)37(39(63)35(20)29)61-59-27-8-3-4-9-33(27)90(75,76)77/h2-19,63-66H,1H2,(H,69,70,71)(H,72,73,74)(H,75,76,77)(H,78,79,80)(H2,49,51,53,55,57)(H2,50,52,54,56,58)/b61-59+,62-60+. The molecule has 0 fully saturated rings. The quantitative estimate of drug-likeness (QED) is 0.00879. The van der Waals surface area contributed by atoms with Crippen molar-refractivity contribution < 1.29 is 99.8 Å². The zero-order chi connectivity index (χ0) is 66.0. The highest BCUT2D eigenvalue weighted by Crippen LogP contribution is 2.50. The number of aromatic nitrogens is 6. The first-order chi connectivity index (χ1) is 42.8. The molecule has 0 aliphatic carbocycles. The maximum absolute atomic E-state index is 12.8. The Morgan fingerprint density at radius 1 is 0.473 bits per heavy atom. The Morgan fingerprint density at radius 3 is 1.36 bits per heavy atom. The first-order valence-corrected chi connectivity index (χ1v) is 33.2. The molecule has 474 valence electrons. The first kappa shape index (κ1) is 66.9. The molecule has 7 aromatic carbocycles. The Kier molecular flexibility index (Phi) is 19.6. The number of nitrogens with one attached hydrogen (secondary N) is 4. The van der Waals surface area contributed by atoms with Crippen LogP contribution >= 0.6 is 47.3 Å². The molecular weight excluding hydrogens is 1400 g/mol. The van der Waals surface area contributed by atoms with Crippen LogP contribution in [0, 0.1) is 0 Å². The van der Waals surface area contributed by atoms with Crippen molar-refractivity contribution in [2.24, 2.45) is 20.5 Å². The van der Waals surface area contributed by atoms with E-state index in [0.29, 0.717) is 0 Å². The molecule has 0 saturated heterocycles. The van der Waals surface area contributed by atoms with Gasteiger partial charge >= 0.3 is 0 Å². The fourth-order valence-electron chi connectivity index (χ4n) is 7.97. The third-order valence-electron chi connectivity index (χ3n) is 11.7. The van der Waals surface area contributed by atoms with Gasteiger partial charge in [-0.15, -0.1) is 29.1 Å². The van der Waals surface area contributed by atoms with Gasteiger partial charge in [-0.3, -0.25) is 18.2 Å². The average Bonchev–Trinajstić information content (AvgIpc) is 0.768. The molecule has 36 nitrogen and oxygen atoms in total. The molecule has 0 bridgehead atoms. The smallest absolute Gasteiger partial charge is 0.296 e. The number of rotatable bonds is 24. The normalized spacial score (nSPS) is 12.5. The van der Waals surface area contributed by atoms with E-state index in [0.717, 1.165) is 72.1 Å². The van der Waals surface area contributed by atoms with Crippen LogP contribution in [0.4, 0.5) is 69.3 Å². The van der Waals surface area contributed by atoms with Crippen molar-refractivity contribution in [2.75, 3.05) is 21.3 Å². The van der Waals surface area contributed by atoms with E-state index in [1.807, 2.05) is 0 Å². The van der Waals surface area contributed by atoms with Gasteiger partial charge in [0.05, 0.1) is 59.9 Å². The SMILES string of the molecule is C=CS(=O)(=O)c1cccc(Nc2nc(Cl)nc(Nc3cc(S(=O)(=O)O)cc4cc(SOOO)c(/N=N/c5cc(Nc6nc(Cl)nc(Nc7cc(S(=O)(=O)O)cc8cc(SOOO)c(/N=N/c9ccccc9S(=O)(=O)O)c(O)c78)n6)ccc5S(=O)(=O)O)c(O)c34)n2)c1. The summed E-state index contributed by atoms with van der Waals surface area (Å²) in [5.41, 5.74) is -3.30. The highest BCUT2D eigenvalue weighted by atomic mass is 35.5. The number of azo groups is 2. The topological polar surface area (TPSA) is 544 Å². The van der Waals surface area contributed by atoms with Gasteiger partial charge in [0, 0.05) is 27.6 Å². The summed E-state index contributed by atoms with van der Waals surface area (Å²) in [6.07, 6.45) is 0. The number of sulfone groups is 1. The monoisotopic (exact) mass is 1430 g/mol. The number of hydrogen-bond donors (Lipinski definition) is 12. The van der Waals surface area contributed by atoms with Crippen molar-refractivity contribution in [3.05, 3.63) is 126 Å². The second kappa shape index (κ2) is 26.7. The molecule has 0 spiro atoms. The number of anilines is 8. The summed E-state index contributed by atoms with van der Waals surface area (Å²) in [4.78, 5) is 20.2. The summed E-state index contributed by atoms with van der Waals surface area (Å²) in [6.45, 7) is 3.30. The minimum Gasteiger partial charge on any atom is -0.505 e. The van der Waals surface area contributed by atoms with E-state index in [4.69, 9.17) is 33.7 Å². The van der Waals surface area contributed by atoms with Crippen LogP contribution in [0.5, 0.6) is 11.5 Å². The van der Waals surface area contributed by atoms with Crippen molar-refractivity contribution in [3.8, 4) is 11.5 Å². The Hall–Kier alpha value is -8.55. The zero-order valence-corrected chi connectivity index (χ0v) is 51.2. The molecule has 12 N–H and O–H groups in total. The summed E-state index contributed by atoms with van der Waals surface area (Å²) in [6, 6.07) is 18.3. The van der Waals surface area contributed by atoms with Crippen LogP contribution in [0.1, 0.15) is 0 Å². The molecular formula is C46H32Cl2N14O22S7. The van der Waals surface area contributed by atoms with E-state index in [9.17, 15) is 70.5 Å². The van der Waals surface area contributed by atoms with Gasteiger partial charge in [0.1, 0.15) is 32.5 Å². The molecule has 0 amide bonds. The Balaban J connectivity index is 1.10. The van der Waals surface area contributed by atoms with E-state index in [1.165, 1.54) is 36.4 Å². The molecule has 9 rings (SSSR count). The van der Waals surface area contributed by atoms with Crippen LogP contribution in [-0.2, 0) is 69.1 Å². The third-order valence-corrected chi connectivity index (χ3v) is 18.0. The largest absolute Gasteiger partial charge is 0.505 e. The van der Waals surface area contributed by atoms with Crippen LogP contribution in [0.2, 0.25) is 10.6 Å². The molecule has 0 atom stereocenters. The highest BCUT2D eigenvalue weighted by Gasteiger charge is 2.27. The summed E-state index contributed by atoms with van der Waals surface area (Å²) in [5.74, 6) is -3.66. The van der Waals surface area contributed by atoms with Gasteiger partial charge in [0.2, 0.25) is 34.4 Å². The molecule has 0 unspecified atom stereocenters. The second-order valence-electron chi connectivity index (χ2n) is 17.4. The molecule has 45 heteroatoms. The summed E-state index contributed by atoms with van der Waals surface area (Å²) >= 11 is 12.8. The summed E-state index contributed by atoms with van der Waals surface area (Å²) in [5, 5.41) is 74.2. The molecule has 9 aromatic rings. The number of phenolic OH excluding ortho intramolecular Hbond substituents is 2. The van der Waals surface area contributed by atoms with E-state index < -0.39 is 144 Å². The van der Waals surface area contributed by atoms with Gasteiger partial charge in [0.15, 0.2) is 21.3 Å². The molecule has 0 aliphatic rings. The lowest BCUT2D eigenvalue weighted by molar-refractivity contribution is -0.432. The maximum atomic E-state index is 12.8. The van der Waals surface area contributed by atoms with Crippen molar-refractivity contribution in [1.29, 1.82) is 0 Å². The van der Waals surface area contributed by atoms with E-state index in [-0.39, 0.29) is 77.6 Å². The van der Waals surface area contributed by atoms with Crippen LogP contribution < -0.4 is 21.3 Å². The van der Waals surface area contributed by atoms with E-state index >= 15 is 0 Å². The lowest BCUT2D eigenvalue weighted by Crippen LogP contribution is -2.06. The Morgan fingerprint density at radius 2 is 0.912 bits per heavy atom. The molecule has 0 saturated carbocycles. The van der Waals surface area contributed by atoms with Crippen LogP contribution in [0.3, 0.4) is 0 Å². The lowest BCUT2D eigenvalue weighted by atomic mass is 10.1. The van der Waals surface area contributed by atoms with Gasteiger partial charge in [-0.1, -0.05) is 34.9 Å². The van der Waals surface area contributed by atoms with Gasteiger partial charge in [0.25, 0.3) is 40.5 Å². The predicted octanol–water partition coefficient (Wildman–Crippen LogP) is 10.6. The van der Waals surface area contributed by atoms with Gasteiger partial charge < -0.3 is 31.5 Å². The number of fused-ring (bicyclic) bond motifs is 2. The van der Waals surface area contributed by atoms with Crippen LogP contribution in [0.15, 0.2) is 170 Å². The minimum absolute atomic E-state index is 0.120. The maximum Gasteiger partial charge on any atom is 0.296 e. The minimum atomic E-state index is -5.22. The number of aromatic hydroxyl groups is 2. The van der Waals surface area contributed by atoms with Crippen molar-refractivity contribution in [1.82, 2.24) is 29.9 Å². The molecule has 2 aromatic heterocycles. The van der Waals surface area contributed by atoms with Crippen molar-refractivity contribution in [2.45, 2.75) is 34.3 Å². The number of halogens is 2. The van der Waals surface area contributed by atoms with Gasteiger partial charge in [-0.2, -0.15) is 63.6 Å². The fourth-order valence-corrected chi connectivity index (χ4v) is 12.3. The van der Waals surface area contributed by atoms with Crippen molar-refractivity contribution in [3.63, 3.8) is 0 Å². The fraction of sp³-hybridized carbons (Fsp3) is 0. The lowest BCUT2D eigenvalue weighted by Gasteiger charge is -2.15. The summed E-state index contributed by atoms with van der Waals surface area (Å²) < 4.78 is 175. The number of benzene rings is 7. The zero-order valence-electron chi connectivity index (χ0n) is 44.0. The van der Waals surface area contributed by atoms with Gasteiger partial charge in [-0.25, -0.2) is 18.9 Å². The number of hydrogen-bond acceptors (Lipinski definition) is 34. The molecule has 0 radical (unpaired) electrons. The average molecular weight is 1430 g/mol. The Labute approximate surface area is 527 Å². The highest BCUT2D eigenvalue weighted by molar-refractivity contribution is 7.95. The van der Waals surface area contributed by atoms with E-state index in [1.54, 1.807) is 0 Å². The second-order valence-corrected chi connectivity index (χ2v) is 27.1. The third kappa shape index (κ3) is 15.8. The van der Waals surface area contributed by atoms with E-state index in [2.05, 4.69) is 97.0 Å². The number of nitrogens with zero attached hydrogens (tertiary/aromatic N) is 10. The number of phenols is 2. The predicted molar refractivity (Wildman–Crippen MR) is 320 cm³/mol. The molecule has 0 aliphatic heterocycles. The summed E-state index contributed by atoms with van der Waals surface area (Å²) in [7, 11) is -24.2. The van der Waals surface area contributed by atoms with Crippen LogP contribution in [-0.4, -0.2) is 111 Å². The van der Waals surface area contributed by atoms with Crippen molar-refractivity contribution >= 4 is 188 Å². The van der Waals surface area contributed by atoms with Crippen LogP contribution in [0.25, 0.3) is 21.5 Å². The van der Waals surface area contributed by atoms with Gasteiger partial charge in [-0.05, 0) is 119 Å². The molecule has 2 heterocycles.